The number of hydrogen-bond acceptors (Lipinski definition) is 6. The minimum Gasteiger partial charge on any atom is -0.480 e. The average molecular weight is 347 g/mol. The monoisotopic (exact) mass is 347 g/mol. The van der Waals surface area contributed by atoms with E-state index in [9.17, 15) is 19.7 Å². The Morgan fingerprint density at radius 2 is 2.20 bits per heavy atom. The first-order valence-corrected chi connectivity index (χ1v) is 7.63. The fourth-order valence-corrected chi connectivity index (χ4v) is 2.14. The number of carboxylic acids is 1. The number of carbonyl (C=O) groups excluding carboxylic acids is 1. The van der Waals surface area contributed by atoms with Gasteiger partial charge in [-0.15, -0.1) is 5.10 Å². The largest absolute Gasteiger partial charge is 0.480 e. The molecule has 2 rings (SSSR count). The number of nitro benzene ring substituents is 1. The van der Waals surface area contributed by atoms with Gasteiger partial charge in [0.1, 0.15) is 6.04 Å². The van der Waals surface area contributed by atoms with Gasteiger partial charge in [-0.25, -0.2) is 9.48 Å². The summed E-state index contributed by atoms with van der Waals surface area (Å²) in [5.74, 6) is -1.78. The molecule has 10 nitrogen and oxygen atoms in total. The molecule has 25 heavy (non-hydrogen) atoms. The van der Waals surface area contributed by atoms with Crippen molar-refractivity contribution in [1.29, 1.82) is 0 Å². The minimum absolute atomic E-state index is 0.0748. The summed E-state index contributed by atoms with van der Waals surface area (Å²) in [4.78, 5) is 33.6. The maximum absolute atomic E-state index is 12.1. The lowest BCUT2D eigenvalue weighted by molar-refractivity contribution is -0.384. The van der Waals surface area contributed by atoms with Crippen LogP contribution in [0.5, 0.6) is 0 Å². The molecule has 0 bridgehead atoms. The van der Waals surface area contributed by atoms with Crippen molar-refractivity contribution in [3.05, 3.63) is 46.3 Å². The summed E-state index contributed by atoms with van der Waals surface area (Å²) >= 11 is 0. The predicted octanol–water partition coefficient (Wildman–Crippen LogP) is 1.55. The van der Waals surface area contributed by atoms with Gasteiger partial charge in [-0.3, -0.25) is 14.9 Å². The van der Waals surface area contributed by atoms with Crippen LogP contribution in [0, 0.1) is 10.1 Å². The molecule has 0 aliphatic rings. The fraction of sp³-hybridized carbons (Fsp3) is 0.333. The topological polar surface area (TPSA) is 140 Å². The summed E-state index contributed by atoms with van der Waals surface area (Å²) in [6, 6.07) is 4.68. The maximum atomic E-state index is 12.1. The van der Waals surface area contributed by atoms with Gasteiger partial charge >= 0.3 is 5.97 Å². The summed E-state index contributed by atoms with van der Waals surface area (Å²) in [6.07, 6.45) is 3.07. The fourth-order valence-electron chi connectivity index (χ4n) is 2.14. The molecule has 1 amide bonds. The van der Waals surface area contributed by atoms with E-state index >= 15 is 0 Å². The third-order valence-electron chi connectivity index (χ3n) is 3.48. The molecule has 2 aromatic rings. The number of amides is 1. The number of hydrogen-bond donors (Lipinski definition) is 2. The van der Waals surface area contributed by atoms with Crippen LogP contribution >= 0.6 is 0 Å². The summed E-state index contributed by atoms with van der Waals surface area (Å²) in [6.45, 7) is 1.92. The van der Waals surface area contributed by atoms with Crippen LogP contribution in [0.1, 0.15) is 36.7 Å². The quantitative estimate of drug-likeness (QED) is 0.545. The number of unbranched alkanes of at least 4 members (excludes halogenated alkanes) is 1. The van der Waals surface area contributed by atoms with Crippen LogP contribution in [0.25, 0.3) is 5.69 Å². The number of nitro groups is 1. The van der Waals surface area contributed by atoms with Gasteiger partial charge in [0.25, 0.3) is 11.6 Å². The summed E-state index contributed by atoms with van der Waals surface area (Å²) in [5.41, 5.74) is 0.167. The molecule has 0 radical (unpaired) electrons. The summed E-state index contributed by atoms with van der Waals surface area (Å²) in [5, 5.41) is 29.8. The number of carboxylic acid groups (broad SMARTS) is 1. The van der Waals surface area contributed by atoms with Crippen LogP contribution in [0.3, 0.4) is 0 Å². The molecule has 132 valence electrons. The van der Waals surface area contributed by atoms with Gasteiger partial charge in [-0.2, -0.15) is 0 Å². The number of nitrogens with zero attached hydrogens (tertiary/aromatic N) is 4. The van der Waals surface area contributed by atoms with E-state index in [1.54, 1.807) is 6.07 Å². The van der Waals surface area contributed by atoms with Gasteiger partial charge in [0, 0.05) is 12.1 Å². The molecule has 1 unspecified atom stereocenters. The Kier molecular flexibility index (Phi) is 5.77. The molecular formula is C15H17N5O5. The van der Waals surface area contributed by atoms with Crippen LogP contribution in [-0.2, 0) is 4.79 Å². The zero-order valence-corrected chi connectivity index (χ0v) is 13.5. The molecule has 0 aliphatic carbocycles. The van der Waals surface area contributed by atoms with Gasteiger partial charge in [-0.1, -0.05) is 31.0 Å². The zero-order valence-electron chi connectivity index (χ0n) is 13.5. The second kappa shape index (κ2) is 7.99. The highest BCUT2D eigenvalue weighted by atomic mass is 16.6. The first kappa shape index (κ1) is 18.0. The van der Waals surface area contributed by atoms with E-state index in [1.807, 2.05) is 6.92 Å². The van der Waals surface area contributed by atoms with Gasteiger partial charge < -0.3 is 10.4 Å². The van der Waals surface area contributed by atoms with Crippen molar-refractivity contribution in [3.8, 4) is 5.69 Å². The normalized spacial score (nSPS) is 11.7. The van der Waals surface area contributed by atoms with E-state index in [0.29, 0.717) is 18.5 Å². The molecule has 0 aliphatic heterocycles. The van der Waals surface area contributed by atoms with Crippen molar-refractivity contribution >= 4 is 17.6 Å². The number of carbonyl (C=O) groups is 2. The second-order valence-electron chi connectivity index (χ2n) is 5.33. The molecule has 1 heterocycles. The summed E-state index contributed by atoms with van der Waals surface area (Å²) in [7, 11) is 0. The van der Waals surface area contributed by atoms with Crippen LogP contribution in [-0.4, -0.2) is 42.9 Å². The second-order valence-corrected chi connectivity index (χ2v) is 5.33. The lowest BCUT2D eigenvalue weighted by Gasteiger charge is -2.12. The van der Waals surface area contributed by atoms with Gasteiger partial charge in [0.2, 0.25) is 0 Å². The van der Waals surface area contributed by atoms with Crippen molar-refractivity contribution in [2.75, 3.05) is 0 Å². The number of benzene rings is 1. The Morgan fingerprint density at radius 3 is 2.84 bits per heavy atom. The Bertz CT molecular complexity index is 788. The zero-order chi connectivity index (χ0) is 18.4. The lowest BCUT2D eigenvalue weighted by Crippen LogP contribution is -2.40. The highest BCUT2D eigenvalue weighted by Crippen LogP contribution is 2.16. The van der Waals surface area contributed by atoms with E-state index in [4.69, 9.17) is 5.11 Å². The molecule has 0 fully saturated rings. The van der Waals surface area contributed by atoms with E-state index in [-0.39, 0.29) is 11.4 Å². The number of nitrogens with one attached hydrogen (secondary N) is 1. The Labute approximate surface area is 142 Å². The van der Waals surface area contributed by atoms with Crippen molar-refractivity contribution in [1.82, 2.24) is 20.3 Å². The Hall–Kier alpha value is -3.30. The highest BCUT2D eigenvalue weighted by molar-refractivity contribution is 5.94. The minimum atomic E-state index is -1.12. The van der Waals surface area contributed by atoms with E-state index in [0.717, 1.165) is 6.42 Å². The van der Waals surface area contributed by atoms with Crippen molar-refractivity contribution in [2.24, 2.45) is 0 Å². The van der Waals surface area contributed by atoms with Crippen molar-refractivity contribution in [2.45, 2.75) is 32.2 Å². The molecule has 0 saturated heterocycles. The first-order chi connectivity index (χ1) is 11.9. The van der Waals surface area contributed by atoms with Crippen molar-refractivity contribution < 1.29 is 19.6 Å². The van der Waals surface area contributed by atoms with Crippen LogP contribution < -0.4 is 5.32 Å². The van der Waals surface area contributed by atoms with E-state index in [2.05, 4.69) is 15.6 Å². The molecule has 1 atom stereocenters. The molecule has 2 N–H and O–H groups in total. The van der Waals surface area contributed by atoms with Gasteiger partial charge in [0.15, 0.2) is 5.69 Å². The van der Waals surface area contributed by atoms with Crippen LogP contribution in [0.15, 0.2) is 30.5 Å². The highest BCUT2D eigenvalue weighted by Gasteiger charge is 2.22. The summed E-state index contributed by atoms with van der Waals surface area (Å²) < 4.78 is 1.21. The smallest absolute Gasteiger partial charge is 0.326 e. The third-order valence-corrected chi connectivity index (χ3v) is 3.48. The Balaban J connectivity index is 2.14. The molecule has 10 heteroatoms. The first-order valence-electron chi connectivity index (χ1n) is 7.63. The van der Waals surface area contributed by atoms with Gasteiger partial charge in [-0.05, 0) is 12.5 Å². The molecule has 1 aromatic carbocycles. The molecule has 0 saturated carbocycles. The average Bonchev–Trinajstić information content (AvgIpc) is 3.08. The number of non-ortho nitro benzene ring substituents is 1. The van der Waals surface area contributed by atoms with E-state index < -0.39 is 22.8 Å². The number of aliphatic carboxylic acids is 1. The van der Waals surface area contributed by atoms with Crippen molar-refractivity contribution in [3.63, 3.8) is 0 Å². The number of aromatic nitrogens is 3. The standard InChI is InChI=1S/C15H17N5O5/c1-2-3-7-12(15(22)23)16-14(21)13-9-19(18-17-13)10-5-4-6-11(8-10)20(24)25/h4-6,8-9,12H,2-3,7H2,1H3,(H,16,21)(H,22,23). The SMILES string of the molecule is CCCCC(NC(=O)c1cn(-c2cccc([N+](=O)[O-])c2)nn1)C(=O)O. The molecular weight excluding hydrogens is 330 g/mol. The Morgan fingerprint density at radius 1 is 1.44 bits per heavy atom. The lowest BCUT2D eigenvalue weighted by atomic mass is 10.1. The third kappa shape index (κ3) is 4.59. The number of rotatable bonds is 8. The van der Waals surface area contributed by atoms with Gasteiger partial charge in [0.05, 0.1) is 16.8 Å². The maximum Gasteiger partial charge on any atom is 0.326 e. The predicted molar refractivity (Wildman–Crippen MR) is 86.4 cm³/mol. The van der Waals surface area contributed by atoms with E-state index in [1.165, 1.54) is 29.1 Å². The van der Waals surface area contributed by atoms with Crippen LogP contribution in [0.4, 0.5) is 5.69 Å². The van der Waals surface area contributed by atoms with Crippen LogP contribution in [0.2, 0.25) is 0 Å². The molecule has 0 spiro atoms. The molecule has 1 aromatic heterocycles.